The lowest BCUT2D eigenvalue weighted by atomic mass is 9.93. The number of hydrogen-bond acceptors (Lipinski definition) is 3. The normalized spacial score (nSPS) is 15.3. The van der Waals surface area contributed by atoms with E-state index in [1.54, 1.807) is 6.07 Å². The maximum Gasteiger partial charge on any atom is 0.160 e. The fourth-order valence-electron chi connectivity index (χ4n) is 4.13. The average Bonchev–Trinajstić information content (AvgIpc) is 3.05. The number of hydrogen-bond donors (Lipinski definition) is 0. The van der Waals surface area contributed by atoms with E-state index in [2.05, 4.69) is 0 Å². The molecule has 0 spiro atoms. The van der Waals surface area contributed by atoms with Gasteiger partial charge >= 0.3 is 0 Å². The van der Waals surface area contributed by atoms with Crippen molar-refractivity contribution in [2.75, 3.05) is 0 Å². The van der Waals surface area contributed by atoms with Crippen LogP contribution in [0.2, 0.25) is 0 Å². The van der Waals surface area contributed by atoms with E-state index in [9.17, 15) is 1.37 Å². The van der Waals surface area contributed by atoms with Crippen LogP contribution in [-0.4, -0.2) is 9.97 Å². The van der Waals surface area contributed by atoms with E-state index in [4.69, 9.17) is 25.7 Å². The first-order chi connectivity index (χ1) is 21.1. The van der Waals surface area contributed by atoms with Gasteiger partial charge in [0.1, 0.15) is 11.5 Å². The third-order valence-electron chi connectivity index (χ3n) is 5.78. The van der Waals surface area contributed by atoms with Gasteiger partial charge < -0.3 is 4.74 Å². The van der Waals surface area contributed by atoms with E-state index in [1.165, 1.54) is 0 Å². The summed E-state index contributed by atoms with van der Waals surface area (Å²) >= 11 is 0. The summed E-state index contributed by atoms with van der Waals surface area (Å²) in [5.74, 6) is -0.178. The Hall–Kier alpha value is -4.76. The van der Waals surface area contributed by atoms with Crippen LogP contribution in [0.3, 0.4) is 0 Å². The lowest BCUT2D eigenvalue weighted by Gasteiger charge is -2.22. The standard InChI is InChI=1S/C32H20N2O/c1-3-9-21(10-4-1)27-20-28(34-32(33-27)23-11-5-2-6-12-23)24-17-18-29-26(19-24)25-15-7-13-22-14-8-16-30(35-29)31(22)25/h1-20H/i7D,8D,13D,14D,15D,16D,17D,18D,19D. The van der Waals surface area contributed by atoms with Crippen LogP contribution in [-0.2, 0) is 0 Å². The zero-order valence-corrected chi connectivity index (χ0v) is 18.2. The van der Waals surface area contributed by atoms with Gasteiger partial charge in [-0.15, -0.1) is 0 Å². The minimum absolute atomic E-state index is 0.0104. The fourth-order valence-corrected chi connectivity index (χ4v) is 4.13. The molecule has 5 aromatic carbocycles. The van der Waals surface area contributed by atoms with Crippen LogP contribution in [0.15, 0.2) is 121 Å². The predicted molar refractivity (Wildman–Crippen MR) is 141 cm³/mol. The molecular weight excluding hydrogens is 428 g/mol. The molecule has 6 aromatic rings. The van der Waals surface area contributed by atoms with E-state index in [1.807, 2.05) is 60.7 Å². The fraction of sp³-hybridized carbons (Fsp3) is 0. The summed E-state index contributed by atoms with van der Waals surface area (Å²) in [7, 11) is 0. The van der Waals surface area contributed by atoms with Crippen LogP contribution < -0.4 is 4.74 Å². The van der Waals surface area contributed by atoms with Crippen molar-refractivity contribution in [3.63, 3.8) is 0 Å². The van der Waals surface area contributed by atoms with E-state index in [0.717, 1.165) is 5.56 Å². The minimum Gasteiger partial charge on any atom is -0.456 e. The molecule has 0 amide bonds. The first-order valence-electron chi connectivity index (χ1n) is 15.5. The van der Waals surface area contributed by atoms with Crippen LogP contribution in [0, 0.1) is 0 Å². The number of benzene rings is 5. The van der Waals surface area contributed by atoms with Crippen LogP contribution in [0.25, 0.3) is 55.8 Å². The molecule has 1 aromatic heterocycles. The highest BCUT2D eigenvalue weighted by Gasteiger charge is 2.21. The summed E-state index contributed by atoms with van der Waals surface area (Å²) in [6.45, 7) is 0. The Morgan fingerprint density at radius 1 is 0.600 bits per heavy atom. The minimum atomic E-state index is -0.532. The summed E-state index contributed by atoms with van der Waals surface area (Å²) in [5, 5.41) is -0.159. The van der Waals surface area contributed by atoms with Gasteiger partial charge in [-0.1, -0.05) is 90.9 Å². The highest BCUT2D eigenvalue weighted by molar-refractivity contribution is 6.04. The van der Waals surface area contributed by atoms with Gasteiger partial charge in [0.2, 0.25) is 0 Å². The molecule has 3 heteroatoms. The van der Waals surface area contributed by atoms with Crippen LogP contribution in [0.5, 0.6) is 11.5 Å². The number of aromatic nitrogens is 2. The number of ether oxygens (including phenoxy) is 1. The van der Waals surface area contributed by atoms with Gasteiger partial charge in [-0.2, -0.15) is 0 Å². The van der Waals surface area contributed by atoms with Crippen molar-refractivity contribution in [1.29, 1.82) is 0 Å². The zero-order valence-electron chi connectivity index (χ0n) is 27.2. The second-order valence-electron chi connectivity index (χ2n) is 7.95. The average molecular weight is 458 g/mol. The Morgan fingerprint density at radius 2 is 1.29 bits per heavy atom. The Bertz CT molecular complexity index is 2120. The molecule has 0 saturated heterocycles. The van der Waals surface area contributed by atoms with Crippen LogP contribution in [0.1, 0.15) is 12.3 Å². The lowest BCUT2D eigenvalue weighted by molar-refractivity contribution is 0.487. The highest BCUT2D eigenvalue weighted by atomic mass is 16.5. The Balaban J connectivity index is 1.59. The summed E-state index contributed by atoms with van der Waals surface area (Å²) in [6, 6.07) is 16.1. The zero-order chi connectivity index (χ0) is 31.0. The third kappa shape index (κ3) is 3.37. The predicted octanol–water partition coefficient (Wildman–Crippen LogP) is 8.40. The molecule has 2 heterocycles. The summed E-state index contributed by atoms with van der Waals surface area (Å²) in [5.41, 5.74) is 2.02. The molecule has 0 saturated carbocycles. The molecule has 0 fully saturated rings. The molecule has 1 aliphatic heterocycles. The summed E-state index contributed by atoms with van der Waals surface area (Å²) in [6.07, 6.45) is 0. The van der Waals surface area contributed by atoms with E-state index < -0.39 is 42.3 Å². The molecule has 7 rings (SSSR count). The van der Waals surface area contributed by atoms with Crippen LogP contribution in [0.4, 0.5) is 0 Å². The van der Waals surface area contributed by atoms with Gasteiger partial charge in [0.05, 0.1) is 23.7 Å². The van der Waals surface area contributed by atoms with Crippen molar-refractivity contribution in [3.8, 4) is 56.5 Å². The smallest absolute Gasteiger partial charge is 0.160 e. The molecule has 0 N–H and O–H groups in total. The van der Waals surface area contributed by atoms with Crippen molar-refractivity contribution in [3.05, 3.63) is 121 Å². The molecule has 0 aliphatic carbocycles. The summed E-state index contributed by atoms with van der Waals surface area (Å²) in [4.78, 5) is 9.48. The monoisotopic (exact) mass is 457 g/mol. The van der Waals surface area contributed by atoms with E-state index in [-0.39, 0.29) is 56.7 Å². The van der Waals surface area contributed by atoms with Crippen LogP contribution >= 0.6 is 0 Å². The van der Waals surface area contributed by atoms with Gasteiger partial charge in [0, 0.05) is 27.6 Å². The second kappa shape index (κ2) is 7.93. The second-order valence-corrected chi connectivity index (χ2v) is 7.95. The van der Waals surface area contributed by atoms with E-state index in [0.29, 0.717) is 17.1 Å². The van der Waals surface area contributed by atoms with Gasteiger partial charge in [-0.3, -0.25) is 0 Å². The molecule has 0 atom stereocenters. The Morgan fingerprint density at radius 3 is 2.06 bits per heavy atom. The molecule has 35 heavy (non-hydrogen) atoms. The number of fused-ring (bicyclic) bond motifs is 2. The molecule has 0 unspecified atom stereocenters. The highest BCUT2D eigenvalue weighted by Crippen LogP contribution is 2.47. The number of rotatable bonds is 3. The first kappa shape index (κ1) is 12.6. The topological polar surface area (TPSA) is 35.0 Å². The molecule has 3 nitrogen and oxygen atoms in total. The van der Waals surface area contributed by atoms with Gasteiger partial charge in [0.15, 0.2) is 5.82 Å². The quantitative estimate of drug-likeness (QED) is 0.267. The molecule has 0 bridgehead atoms. The maximum absolute atomic E-state index is 9.36. The molecular formula is C32H20N2O. The molecule has 164 valence electrons. The van der Waals surface area contributed by atoms with Crippen molar-refractivity contribution in [2.24, 2.45) is 0 Å². The van der Waals surface area contributed by atoms with Crippen molar-refractivity contribution in [2.45, 2.75) is 0 Å². The Labute approximate surface area is 216 Å². The van der Waals surface area contributed by atoms with Gasteiger partial charge in [-0.25, -0.2) is 9.97 Å². The van der Waals surface area contributed by atoms with Gasteiger partial charge in [-0.05, 0) is 41.2 Å². The summed E-state index contributed by atoms with van der Waals surface area (Å²) < 4.78 is 84.2. The maximum atomic E-state index is 9.36. The van der Waals surface area contributed by atoms with E-state index >= 15 is 0 Å². The number of nitrogens with zero attached hydrogens (tertiary/aromatic N) is 2. The SMILES string of the molecule is [2H]c1c([2H])c(-c2cc(-c3ccccc3)nc(-c3ccccc3)n2)c([2H])c2c1Oc1c([2H])c([2H])c([2H])c3c([2H])c([2H])c([2H])c-2c13. The first-order valence-corrected chi connectivity index (χ1v) is 11.0. The third-order valence-corrected chi connectivity index (χ3v) is 5.78. The van der Waals surface area contributed by atoms with Crippen molar-refractivity contribution < 1.29 is 17.1 Å². The Kier molecular flexibility index (Phi) is 2.86. The molecule has 0 radical (unpaired) electrons. The molecule has 1 aliphatic rings. The van der Waals surface area contributed by atoms with Crippen molar-refractivity contribution >= 4 is 10.8 Å². The van der Waals surface area contributed by atoms with Crippen molar-refractivity contribution in [1.82, 2.24) is 9.97 Å². The van der Waals surface area contributed by atoms with Gasteiger partial charge in [0.25, 0.3) is 0 Å². The largest absolute Gasteiger partial charge is 0.456 e. The lowest BCUT2D eigenvalue weighted by Crippen LogP contribution is -1.99.